The van der Waals surface area contributed by atoms with Gasteiger partial charge in [-0.25, -0.2) is 0 Å². The predicted molar refractivity (Wildman–Crippen MR) is 97.6 cm³/mol. The normalized spacial score (nSPS) is 11.6. The second-order valence-corrected chi connectivity index (χ2v) is 6.06. The van der Waals surface area contributed by atoms with Crippen LogP contribution in [0.4, 0.5) is 13.2 Å². The molecule has 0 atom stereocenters. The van der Waals surface area contributed by atoms with Crippen molar-refractivity contribution in [3.63, 3.8) is 0 Å². The van der Waals surface area contributed by atoms with Gasteiger partial charge in [0, 0.05) is 10.9 Å². The number of nitrogens with zero attached hydrogens (tertiary/aromatic N) is 2. The third-order valence-electron chi connectivity index (χ3n) is 4.16. The summed E-state index contributed by atoms with van der Waals surface area (Å²) in [5.41, 5.74) is 13.5. The highest BCUT2D eigenvalue weighted by molar-refractivity contribution is 6.01. The zero-order chi connectivity index (χ0) is 20.3. The predicted octanol–water partition coefficient (Wildman–Crippen LogP) is 3.19. The van der Waals surface area contributed by atoms with E-state index >= 15 is 0 Å². The molecule has 0 spiro atoms. The average Bonchev–Trinajstić information content (AvgIpc) is 2.64. The van der Waals surface area contributed by atoms with Gasteiger partial charge in [0.2, 0.25) is 0 Å². The van der Waals surface area contributed by atoms with E-state index in [0.717, 1.165) is 0 Å². The van der Waals surface area contributed by atoms with E-state index in [1.54, 1.807) is 18.2 Å². The van der Waals surface area contributed by atoms with Crippen LogP contribution in [0, 0.1) is 0 Å². The first kappa shape index (κ1) is 19.6. The lowest BCUT2D eigenvalue weighted by molar-refractivity contribution is -0.274. The first-order chi connectivity index (χ1) is 13.3. The van der Waals surface area contributed by atoms with Gasteiger partial charge in [0.1, 0.15) is 11.3 Å². The van der Waals surface area contributed by atoms with Gasteiger partial charge in [-0.15, -0.1) is 23.4 Å². The largest absolute Gasteiger partial charge is 0.573 e. The van der Waals surface area contributed by atoms with E-state index in [-0.39, 0.29) is 11.4 Å². The van der Waals surface area contributed by atoms with Gasteiger partial charge >= 0.3 is 6.36 Å². The minimum absolute atomic E-state index is 0.0898. The molecule has 0 unspecified atom stereocenters. The SMILES string of the molecule is NCCCc1c(C(N)=O)nnc2c(-c3ccc(OC(F)(F)F)cc3)cccc12. The molecule has 2 aromatic carbocycles. The summed E-state index contributed by atoms with van der Waals surface area (Å²) in [6.45, 7) is 0.433. The number of hydrogen-bond donors (Lipinski definition) is 2. The number of amides is 1. The highest BCUT2D eigenvalue weighted by Crippen LogP contribution is 2.32. The van der Waals surface area contributed by atoms with Crippen LogP contribution < -0.4 is 16.2 Å². The molecule has 146 valence electrons. The number of carbonyl (C=O) groups is 1. The molecule has 3 aromatic rings. The van der Waals surface area contributed by atoms with Crippen molar-refractivity contribution in [1.82, 2.24) is 10.2 Å². The van der Waals surface area contributed by atoms with Crippen LogP contribution in [0.3, 0.4) is 0 Å². The van der Waals surface area contributed by atoms with Crippen LogP contribution in [-0.2, 0) is 6.42 Å². The molecule has 1 heterocycles. The van der Waals surface area contributed by atoms with Gasteiger partial charge in [-0.1, -0.05) is 30.3 Å². The molecule has 0 radical (unpaired) electrons. The molecule has 0 aliphatic rings. The number of ether oxygens (including phenoxy) is 1. The number of carbonyl (C=O) groups excluding carboxylic acids is 1. The van der Waals surface area contributed by atoms with E-state index in [0.29, 0.717) is 47.0 Å². The topological polar surface area (TPSA) is 104 Å². The molecule has 9 heteroatoms. The van der Waals surface area contributed by atoms with Gasteiger partial charge in [0.25, 0.3) is 5.91 Å². The third kappa shape index (κ3) is 4.20. The molecule has 1 aromatic heterocycles. The van der Waals surface area contributed by atoms with Crippen LogP contribution >= 0.6 is 0 Å². The molecule has 0 fully saturated rings. The fraction of sp³-hybridized carbons (Fsp3) is 0.211. The molecule has 3 rings (SSSR count). The number of benzene rings is 2. The first-order valence-corrected chi connectivity index (χ1v) is 8.44. The molecular formula is C19H17F3N4O2. The van der Waals surface area contributed by atoms with Crippen molar-refractivity contribution in [2.45, 2.75) is 19.2 Å². The van der Waals surface area contributed by atoms with E-state index in [9.17, 15) is 18.0 Å². The van der Waals surface area contributed by atoms with Crippen molar-refractivity contribution in [3.8, 4) is 16.9 Å². The Morgan fingerprint density at radius 3 is 2.39 bits per heavy atom. The molecule has 0 saturated heterocycles. The van der Waals surface area contributed by atoms with Gasteiger partial charge < -0.3 is 16.2 Å². The molecule has 1 amide bonds. The maximum atomic E-state index is 12.3. The lowest BCUT2D eigenvalue weighted by Gasteiger charge is -2.13. The van der Waals surface area contributed by atoms with Crippen molar-refractivity contribution < 1.29 is 22.7 Å². The summed E-state index contributed by atoms with van der Waals surface area (Å²) in [6, 6.07) is 10.8. The zero-order valence-electron chi connectivity index (χ0n) is 14.7. The van der Waals surface area contributed by atoms with Gasteiger partial charge in [-0.3, -0.25) is 4.79 Å². The Bertz CT molecular complexity index is 1000. The summed E-state index contributed by atoms with van der Waals surface area (Å²) in [5.74, 6) is -0.998. The lowest BCUT2D eigenvalue weighted by Crippen LogP contribution is -2.18. The second-order valence-electron chi connectivity index (χ2n) is 6.06. The van der Waals surface area contributed by atoms with Crippen LogP contribution in [0.5, 0.6) is 5.75 Å². The fourth-order valence-corrected chi connectivity index (χ4v) is 2.98. The molecule has 0 aliphatic carbocycles. The number of rotatable bonds is 6. The van der Waals surface area contributed by atoms with E-state index in [1.165, 1.54) is 24.3 Å². The summed E-state index contributed by atoms with van der Waals surface area (Å²) in [6.07, 6.45) is -3.62. The Hall–Kier alpha value is -3.20. The van der Waals surface area contributed by atoms with Crippen LogP contribution in [0.25, 0.3) is 22.0 Å². The Balaban J connectivity index is 2.08. The Kier molecular flexibility index (Phi) is 5.46. The molecule has 4 N–H and O–H groups in total. The van der Waals surface area contributed by atoms with E-state index in [1.807, 2.05) is 0 Å². The highest BCUT2D eigenvalue weighted by atomic mass is 19.4. The van der Waals surface area contributed by atoms with E-state index < -0.39 is 12.3 Å². The number of aromatic nitrogens is 2. The smallest absolute Gasteiger partial charge is 0.406 e. The van der Waals surface area contributed by atoms with Gasteiger partial charge in [-0.05, 0) is 42.6 Å². The number of aryl methyl sites for hydroxylation is 1. The standard InChI is InChI=1S/C19H17F3N4O2/c20-19(21,22)28-12-8-6-11(7-9-12)13-3-1-4-14-15(5-2-10-23)17(18(24)27)26-25-16(13)14/h1,3-4,6-9H,2,5,10,23H2,(H2,24,27). The molecule has 0 aliphatic heterocycles. The number of primary amides is 1. The Labute approximate surface area is 158 Å². The van der Waals surface area contributed by atoms with Crippen molar-refractivity contribution in [1.29, 1.82) is 0 Å². The number of nitrogens with two attached hydrogens (primary N) is 2. The fourth-order valence-electron chi connectivity index (χ4n) is 2.98. The summed E-state index contributed by atoms with van der Waals surface area (Å²) in [4.78, 5) is 11.7. The summed E-state index contributed by atoms with van der Waals surface area (Å²) >= 11 is 0. The molecular weight excluding hydrogens is 373 g/mol. The minimum atomic E-state index is -4.75. The molecule has 6 nitrogen and oxygen atoms in total. The second kappa shape index (κ2) is 7.81. The summed E-state index contributed by atoms with van der Waals surface area (Å²) < 4.78 is 40.9. The third-order valence-corrected chi connectivity index (χ3v) is 4.16. The van der Waals surface area contributed by atoms with Crippen LogP contribution in [0.2, 0.25) is 0 Å². The minimum Gasteiger partial charge on any atom is -0.406 e. The monoisotopic (exact) mass is 390 g/mol. The van der Waals surface area contributed by atoms with Gasteiger partial charge in [0.15, 0.2) is 5.69 Å². The number of hydrogen-bond acceptors (Lipinski definition) is 5. The Morgan fingerprint density at radius 2 is 1.79 bits per heavy atom. The van der Waals surface area contributed by atoms with E-state index in [2.05, 4.69) is 14.9 Å². The number of alkyl halides is 3. The highest BCUT2D eigenvalue weighted by Gasteiger charge is 2.31. The average molecular weight is 390 g/mol. The van der Waals surface area contributed by atoms with Crippen molar-refractivity contribution in [2.24, 2.45) is 11.5 Å². The van der Waals surface area contributed by atoms with Crippen LogP contribution in [0.1, 0.15) is 22.5 Å². The number of fused-ring (bicyclic) bond motifs is 1. The van der Waals surface area contributed by atoms with Crippen LogP contribution in [0.15, 0.2) is 42.5 Å². The number of halogens is 3. The molecule has 28 heavy (non-hydrogen) atoms. The summed E-state index contributed by atoms with van der Waals surface area (Å²) in [7, 11) is 0. The van der Waals surface area contributed by atoms with Crippen molar-refractivity contribution >= 4 is 16.8 Å². The lowest BCUT2D eigenvalue weighted by atomic mass is 9.97. The quantitative estimate of drug-likeness (QED) is 0.673. The molecule has 0 saturated carbocycles. The Morgan fingerprint density at radius 1 is 1.07 bits per heavy atom. The molecule has 0 bridgehead atoms. The first-order valence-electron chi connectivity index (χ1n) is 8.44. The summed E-state index contributed by atoms with van der Waals surface area (Å²) in [5, 5.41) is 8.81. The van der Waals surface area contributed by atoms with Crippen LogP contribution in [-0.4, -0.2) is 29.0 Å². The van der Waals surface area contributed by atoms with E-state index in [4.69, 9.17) is 11.5 Å². The van der Waals surface area contributed by atoms with Gasteiger partial charge in [-0.2, -0.15) is 0 Å². The van der Waals surface area contributed by atoms with Crippen molar-refractivity contribution in [2.75, 3.05) is 6.54 Å². The maximum absolute atomic E-state index is 12.3. The zero-order valence-corrected chi connectivity index (χ0v) is 14.7. The van der Waals surface area contributed by atoms with Crippen molar-refractivity contribution in [3.05, 3.63) is 53.7 Å². The van der Waals surface area contributed by atoms with Gasteiger partial charge in [0.05, 0.1) is 0 Å². The maximum Gasteiger partial charge on any atom is 0.573 e.